The van der Waals surface area contributed by atoms with Gasteiger partial charge in [-0.15, -0.1) is 0 Å². The SMILES string of the molecule is CCN(CC)C(=O)COC(=O)c1ccc(OC)c(S(=O)(=O)N2CCCCCC2)c1. The molecule has 29 heavy (non-hydrogen) atoms. The third-order valence-corrected chi connectivity index (χ3v) is 6.94. The van der Waals surface area contributed by atoms with Gasteiger partial charge in [-0.25, -0.2) is 13.2 Å². The van der Waals surface area contributed by atoms with Crippen molar-refractivity contribution in [3.05, 3.63) is 23.8 Å². The summed E-state index contributed by atoms with van der Waals surface area (Å²) < 4.78 is 38.1. The van der Waals surface area contributed by atoms with Crippen LogP contribution in [-0.2, 0) is 19.6 Å². The number of carbonyl (C=O) groups excluding carboxylic acids is 2. The van der Waals surface area contributed by atoms with Crippen LogP contribution in [0.2, 0.25) is 0 Å². The van der Waals surface area contributed by atoms with Crippen LogP contribution in [0, 0.1) is 0 Å². The highest BCUT2D eigenvalue weighted by atomic mass is 32.2. The molecule has 0 unspecified atom stereocenters. The van der Waals surface area contributed by atoms with Gasteiger partial charge in [0.25, 0.3) is 5.91 Å². The minimum atomic E-state index is -3.81. The lowest BCUT2D eigenvalue weighted by molar-refractivity contribution is -0.134. The highest BCUT2D eigenvalue weighted by Crippen LogP contribution is 2.29. The van der Waals surface area contributed by atoms with E-state index in [0.29, 0.717) is 26.2 Å². The monoisotopic (exact) mass is 426 g/mol. The first kappa shape index (κ1) is 23.2. The van der Waals surface area contributed by atoms with Crippen molar-refractivity contribution in [2.24, 2.45) is 0 Å². The van der Waals surface area contributed by atoms with Crippen molar-refractivity contribution in [1.29, 1.82) is 0 Å². The molecule has 9 heteroatoms. The fraction of sp³-hybridized carbons (Fsp3) is 0.600. The van der Waals surface area contributed by atoms with E-state index in [-0.39, 0.29) is 28.7 Å². The molecule has 1 fully saturated rings. The lowest BCUT2D eigenvalue weighted by Gasteiger charge is -2.21. The Balaban J connectivity index is 2.23. The summed E-state index contributed by atoms with van der Waals surface area (Å²) in [6.45, 7) is 5.22. The van der Waals surface area contributed by atoms with Crippen molar-refractivity contribution in [2.45, 2.75) is 44.4 Å². The van der Waals surface area contributed by atoms with Gasteiger partial charge in [0.1, 0.15) is 10.6 Å². The minimum Gasteiger partial charge on any atom is -0.495 e. The van der Waals surface area contributed by atoms with Gasteiger partial charge in [0.15, 0.2) is 6.61 Å². The molecule has 0 aliphatic carbocycles. The Kier molecular flexibility index (Phi) is 8.45. The molecule has 1 aliphatic rings. The van der Waals surface area contributed by atoms with Gasteiger partial charge in [0.2, 0.25) is 10.0 Å². The zero-order valence-corrected chi connectivity index (χ0v) is 18.2. The standard InChI is InChI=1S/C20H30N2O6S/c1-4-21(5-2)19(23)15-28-20(24)16-10-11-17(27-3)18(14-16)29(25,26)22-12-8-6-7-9-13-22/h10-11,14H,4-9,12-13,15H2,1-3H3. The van der Waals surface area contributed by atoms with Gasteiger partial charge in [-0.05, 0) is 44.9 Å². The summed E-state index contributed by atoms with van der Waals surface area (Å²) in [5.41, 5.74) is 0.0616. The molecule has 0 spiro atoms. The van der Waals surface area contributed by atoms with Crippen molar-refractivity contribution in [2.75, 3.05) is 39.9 Å². The maximum absolute atomic E-state index is 13.2. The number of amides is 1. The summed E-state index contributed by atoms with van der Waals surface area (Å²) in [6.07, 6.45) is 3.60. The van der Waals surface area contributed by atoms with E-state index >= 15 is 0 Å². The van der Waals surface area contributed by atoms with Gasteiger partial charge in [0.05, 0.1) is 12.7 Å². The Morgan fingerprint density at radius 2 is 1.69 bits per heavy atom. The maximum atomic E-state index is 13.2. The first-order valence-corrected chi connectivity index (χ1v) is 11.4. The second-order valence-electron chi connectivity index (χ2n) is 6.83. The quantitative estimate of drug-likeness (QED) is 0.592. The van der Waals surface area contributed by atoms with Crippen LogP contribution in [-0.4, -0.2) is 69.4 Å². The Labute approximate surface area is 172 Å². The molecule has 0 radical (unpaired) electrons. The van der Waals surface area contributed by atoms with Crippen LogP contribution in [0.3, 0.4) is 0 Å². The number of rotatable bonds is 8. The molecule has 1 aromatic carbocycles. The average Bonchev–Trinajstić information content (AvgIpc) is 3.02. The van der Waals surface area contributed by atoms with Crippen molar-refractivity contribution in [1.82, 2.24) is 9.21 Å². The van der Waals surface area contributed by atoms with Crippen LogP contribution in [0.15, 0.2) is 23.1 Å². The number of likely N-dealkylation sites (N-methyl/N-ethyl adjacent to an activating group) is 1. The highest BCUT2D eigenvalue weighted by Gasteiger charge is 2.29. The molecule has 0 N–H and O–H groups in total. The molecule has 162 valence electrons. The summed E-state index contributed by atoms with van der Waals surface area (Å²) in [7, 11) is -2.42. The molecule has 0 aromatic heterocycles. The lowest BCUT2D eigenvalue weighted by Crippen LogP contribution is -2.34. The molecule has 1 aliphatic heterocycles. The summed E-state index contributed by atoms with van der Waals surface area (Å²) >= 11 is 0. The molecule has 1 amide bonds. The summed E-state index contributed by atoms with van der Waals surface area (Å²) in [5, 5.41) is 0. The van der Waals surface area contributed by atoms with Crippen LogP contribution in [0.4, 0.5) is 0 Å². The molecule has 0 bridgehead atoms. The molecule has 0 atom stereocenters. The van der Waals surface area contributed by atoms with Crippen LogP contribution >= 0.6 is 0 Å². The van der Waals surface area contributed by atoms with E-state index in [9.17, 15) is 18.0 Å². The molecule has 8 nitrogen and oxygen atoms in total. The lowest BCUT2D eigenvalue weighted by atomic mass is 10.2. The fourth-order valence-electron chi connectivity index (χ4n) is 3.30. The first-order valence-electron chi connectivity index (χ1n) is 9.98. The largest absolute Gasteiger partial charge is 0.495 e. The Bertz CT molecular complexity index is 812. The van der Waals surface area contributed by atoms with Gasteiger partial charge < -0.3 is 14.4 Å². The number of sulfonamides is 1. The minimum absolute atomic E-state index is 0.0616. The number of hydrogen-bond donors (Lipinski definition) is 0. The van der Waals surface area contributed by atoms with E-state index < -0.39 is 16.0 Å². The molecule has 1 aromatic rings. The number of esters is 1. The van der Waals surface area contributed by atoms with Crippen molar-refractivity contribution < 1.29 is 27.5 Å². The summed E-state index contributed by atoms with van der Waals surface area (Å²) in [4.78, 5) is 25.9. The third kappa shape index (κ3) is 5.70. The predicted molar refractivity (Wildman–Crippen MR) is 108 cm³/mol. The number of benzene rings is 1. The van der Waals surface area contributed by atoms with E-state index in [0.717, 1.165) is 25.7 Å². The molecule has 2 rings (SSSR count). The Morgan fingerprint density at radius 1 is 1.07 bits per heavy atom. The van der Waals surface area contributed by atoms with Gasteiger partial charge in [-0.3, -0.25) is 4.79 Å². The molecule has 1 heterocycles. The third-order valence-electron chi connectivity index (χ3n) is 5.03. The van der Waals surface area contributed by atoms with E-state index in [1.54, 1.807) is 4.90 Å². The van der Waals surface area contributed by atoms with E-state index in [1.807, 2.05) is 13.8 Å². The van der Waals surface area contributed by atoms with Crippen LogP contribution < -0.4 is 4.74 Å². The predicted octanol–water partition coefficient (Wildman–Crippen LogP) is 2.29. The number of carbonyl (C=O) groups is 2. The molecular weight excluding hydrogens is 396 g/mol. The van der Waals surface area contributed by atoms with Crippen LogP contribution in [0.5, 0.6) is 5.75 Å². The number of methoxy groups -OCH3 is 1. The Morgan fingerprint density at radius 3 is 2.24 bits per heavy atom. The number of ether oxygens (including phenoxy) is 2. The highest BCUT2D eigenvalue weighted by molar-refractivity contribution is 7.89. The van der Waals surface area contributed by atoms with Gasteiger partial charge in [0, 0.05) is 26.2 Å². The van der Waals surface area contributed by atoms with Gasteiger partial charge in [-0.1, -0.05) is 12.8 Å². The Hall–Kier alpha value is -2.13. The second kappa shape index (κ2) is 10.6. The van der Waals surface area contributed by atoms with Gasteiger partial charge >= 0.3 is 5.97 Å². The molecular formula is C20H30N2O6S. The zero-order valence-electron chi connectivity index (χ0n) is 17.3. The van der Waals surface area contributed by atoms with Crippen LogP contribution in [0.25, 0.3) is 0 Å². The van der Waals surface area contributed by atoms with Crippen molar-refractivity contribution in [3.63, 3.8) is 0 Å². The average molecular weight is 427 g/mol. The second-order valence-corrected chi connectivity index (χ2v) is 8.73. The fourth-order valence-corrected chi connectivity index (χ4v) is 5.00. The smallest absolute Gasteiger partial charge is 0.338 e. The van der Waals surface area contributed by atoms with E-state index in [4.69, 9.17) is 9.47 Å². The number of hydrogen-bond acceptors (Lipinski definition) is 6. The normalized spacial score (nSPS) is 15.4. The number of nitrogens with zero attached hydrogens (tertiary/aromatic N) is 2. The van der Waals surface area contributed by atoms with E-state index in [2.05, 4.69) is 0 Å². The summed E-state index contributed by atoms with van der Waals surface area (Å²) in [6, 6.07) is 4.14. The molecule has 0 saturated carbocycles. The topological polar surface area (TPSA) is 93.2 Å². The van der Waals surface area contributed by atoms with E-state index in [1.165, 1.54) is 29.6 Å². The molecule has 1 saturated heterocycles. The van der Waals surface area contributed by atoms with Crippen molar-refractivity contribution in [3.8, 4) is 5.75 Å². The van der Waals surface area contributed by atoms with Gasteiger partial charge in [-0.2, -0.15) is 4.31 Å². The zero-order chi connectivity index (χ0) is 21.4. The van der Waals surface area contributed by atoms with Crippen LogP contribution in [0.1, 0.15) is 49.9 Å². The van der Waals surface area contributed by atoms with Crippen molar-refractivity contribution >= 4 is 21.9 Å². The first-order chi connectivity index (χ1) is 13.8. The maximum Gasteiger partial charge on any atom is 0.338 e. The summed E-state index contributed by atoms with van der Waals surface area (Å²) in [5.74, 6) is -0.875.